The summed E-state index contributed by atoms with van der Waals surface area (Å²) < 4.78 is 45.0. The van der Waals surface area contributed by atoms with Crippen molar-refractivity contribution in [1.29, 1.82) is 0 Å². The minimum atomic E-state index is -4.28. The lowest BCUT2D eigenvalue weighted by molar-refractivity contribution is -0.173. The first-order chi connectivity index (χ1) is 12.9. The molecule has 0 saturated carbocycles. The van der Waals surface area contributed by atoms with Crippen LogP contribution in [0.3, 0.4) is 0 Å². The molecule has 12 heteroatoms. The van der Waals surface area contributed by atoms with Gasteiger partial charge in [0.25, 0.3) is 0 Å². The second kappa shape index (κ2) is 12.6. The molecular weight excluding hydrogens is 508 g/mol. The van der Waals surface area contributed by atoms with E-state index in [0.717, 1.165) is 56.1 Å². The molecule has 0 bridgehead atoms. The van der Waals surface area contributed by atoms with E-state index in [1.165, 1.54) is 11.5 Å². The zero-order valence-corrected chi connectivity index (χ0v) is 19.3. The summed E-state index contributed by atoms with van der Waals surface area (Å²) in [6, 6.07) is 0. The SMILES string of the molecule is CCNC(=NCCCOCC(F)(F)F)N1CCN(c2nc(CC)ns2)CC1.I. The molecule has 1 fully saturated rings. The molecule has 0 spiro atoms. The van der Waals surface area contributed by atoms with Crippen molar-refractivity contribution in [3.05, 3.63) is 5.82 Å². The van der Waals surface area contributed by atoms with Gasteiger partial charge in [0.05, 0.1) is 0 Å². The van der Waals surface area contributed by atoms with Crippen LogP contribution in [0.15, 0.2) is 4.99 Å². The molecule has 7 nitrogen and oxygen atoms in total. The number of hydrogen-bond acceptors (Lipinski definition) is 6. The summed E-state index contributed by atoms with van der Waals surface area (Å²) >= 11 is 1.43. The molecule has 1 saturated heterocycles. The van der Waals surface area contributed by atoms with Crippen molar-refractivity contribution in [2.24, 2.45) is 4.99 Å². The second-order valence-electron chi connectivity index (χ2n) is 6.08. The fourth-order valence-corrected chi connectivity index (χ4v) is 3.39. The zero-order chi connectivity index (χ0) is 19.7. The molecule has 0 aliphatic carbocycles. The van der Waals surface area contributed by atoms with Crippen LogP contribution < -0.4 is 10.2 Å². The van der Waals surface area contributed by atoms with Crippen LogP contribution in [0.25, 0.3) is 0 Å². The maximum atomic E-state index is 12.0. The van der Waals surface area contributed by atoms with Crippen LogP contribution in [0.1, 0.15) is 26.1 Å². The van der Waals surface area contributed by atoms with Gasteiger partial charge in [-0.15, -0.1) is 24.0 Å². The Balaban J connectivity index is 0.00000392. The lowest BCUT2D eigenvalue weighted by atomic mass is 10.3. The van der Waals surface area contributed by atoms with Gasteiger partial charge in [0.1, 0.15) is 12.4 Å². The number of piperazine rings is 1. The molecule has 0 unspecified atom stereocenters. The average Bonchev–Trinajstić information content (AvgIpc) is 3.12. The predicted molar refractivity (Wildman–Crippen MR) is 116 cm³/mol. The molecular formula is C16H28F3IN6OS. The van der Waals surface area contributed by atoms with Gasteiger partial charge in [-0.2, -0.15) is 17.5 Å². The molecule has 0 atom stereocenters. The van der Waals surface area contributed by atoms with Crippen molar-refractivity contribution in [2.75, 3.05) is 57.4 Å². The molecule has 28 heavy (non-hydrogen) atoms. The Labute approximate surface area is 184 Å². The van der Waals surface area contributed by atoms with Gasteiger partial charge in [-0.25, -0.2) is 4.98 Å². The second-order valence-corrected chi connectivity index (χ2v) is 6.81. The largest absolute Gasteiger partial charge is 0.411 e. The number of ether oxygens (including phenoxy) is 1. The lowest BCUT2D eigenvalue weighted by Gasteiger charge is -2.36. The third-order valence-corrected chi connectivity index (χ3v) is 4.75. The minimum absolute atomic E-state index is 0. The van der Waals surface area contributed by atoms with Crippen LogP contribution in [0.5, 0.6) is 0 Å². The molecule has 2 heterocycles. The number of hydrogen-bond donors (Lipinski definition) is 1. The van der Waals surface area contributed by atoms with E-state index in [2.05, 4.69) is 34.2 Å². The molecule has 162 valence electrons. The van der Waals surface area contributed by atoms with Crippen molar-refractivity contribution >= 4 is 46.6 Å². The van der Waals surface area contributed by atoms with E-state index in [1.807, 2.05) is 13.8 Å². The lowest BCUT2D eigenvalue weighted by Crippen LogP contribution is -2.52. The zero-order valence-electron chi connectivity index (χ0n) is 16.2. The molecule has 1 aromatic rings. The quantitative estimate of drug-likeness (QED) is 0.239. The summed E-state index contributed by atoms with van der Waals surface area (Å²) in [6.45, 7) is 7.31. The van der Waals surface area contributed by atoms with E-state index in [9.17, 15) is 13.2 Å². The molecule has 1 aliphatic rings. The van der Waals surface area contributed by atoms with Crippen LogP contribution >= 0.6 is 35.5 Å². The molecule has 0 radical (unpaired) electrons. The Morgan fingerprint density at radius 3 is 2.54 bits per heavy atom. The van der Waals surface area contributed by atoms with E-state index in [-0.39, 0.29) is 30.6 Å². The average molecular weight is 536 g/mol. The van der Waals surface area contributed by atoms with Gasteiger partial charge in [0, 0.05) is 63.8 Å². The summed E-state index contributed by atoms with van der Waals surface area (Å²) in [7, 11) is 0. The summed E-state index contributed by atoms with van der Waals surface area (Å²) in [5.41, 5.74) is 0. The predicted octanol–water partition coefficient (Wildman–Crippen LogP) is 2.78. The van der Waals surface area contributed by atoms with Gasteiger partial charge in [-0.05, 0) is 13.3 Å². The highest BCUT2D eigenvalue weighted by molar-refractivity contribution is 14.0. The number of alkyl halides is 3. The number of nitrogens with zero attached hydrogens (tertiary/aromatic N) is 5. The van der Waals surface area contributed by atoms with Crippen molar-refractivity contribution in [2.45, 2.75) is 32.9 Å². The van der Waals surface area contributed by atoms with Gasteiger partial charge < -0.3 is 19.9 Å². The summed E-state index contributed by atoms with van der Waals surface area (Å²) in [4.78, 5) is 13.4. The van der Waals surface area contributed by atoms with E-state index >= 15 is 0 Å². The fourth-order valence-electron chi connectivity index (χ4n) is 2.59. The van der Waals surface area contributed by atoms with Crippen LogP contribution in [-0.4, -0.2) is 78.9 Å². The van der Waals surface area contributed by atoms with Crippen molar-refractivity contribution < 1.29 is 17.9 Å². The monoisotopic (exact) mass is 536 g/mol. The van der Waals surface area contributed by atoms with Gasteiger partial charge in [-0.3, -0.25) is 4.99 Å². The highest BCUT2D eigenvalue weighted by atomic mass is 127. The molecule has 1 aromatic heterocycles. The number of aliphatic imine (C=N–C) groups is 1. The van der Waals surface area contributed by atoms with E-state index in [1.54, 1.807) is 0 Å². The maximum Gasteiger partial charge on any atom is 0.411 e. The van der Waals surface area contributed by atoms with E-state index in [4.69, 9.17) is 0 Å². The standard InChI is InChI=1S/C16H27F3N6OS.HI/c1-3-13-22-15(27-23-13)25-9-7-24(8-10-25)14(20-4-2)21-6-5-11-26-12-16(17,18)19;/h3-12H2,1-2H3,(H,20,21);1H. The number of nitrogens with one attached hydrogen (secondary N) is 1. The number of anilines is 1. The number of halogens is 4. The van der Waals surface area contributed by atoms with E-state index < -0.39 is 12.8 Å². The smallest absolute Gasteiger partial charge is 0.372 e. The maximum absolute atomic E-state index is 12.0. The van der Waals surface area contributed by atoms with Crippen LogP contribution in [0.4, 0.5) is 18.3 Å². The van der Waals surface area contributed by atoms with Crippen molar-refractivity contribution in [1.82, 2.24) is 19.6 Å². The van der Waals surface area contributed by atoms with Gasteiger partial charge >= 0.3 is 6.18 Å². The topological polar surface area (TPSA) is 65.9 Å². The van der Waals surface area contributed by atoms with Gasteiger partial charge in [-0.1, -0.05) is 6.92 Å². The summed E-state index contributed by atoms with van der Waals surface area (Å²) in [6.07, 6.45) is -2.99. The van der Waals surface area contributed by atoms with Crippen LogP contribution in [0, 0.1) is 0 Å². The third-order valence-electron chi connectivity index (χ3n) is 3.93. The summed E-state index contributed by atoms with van der Waals surface area (Å²) in [5.74, 6) is 1.67. The highest BCUT2D eigenvalue weighted by Crippen LogP contribution is 2.19. The molecule has 1 aliphatic heterocycles. The Hall–Kier alpha value is -0.890. The van der Waals surface area contributed by atoms with Crippen LogP contribution in [0.2, 0.25) is 0 Å². The number of aryl methyl sites for hydroxylation is 1. The van der Waals surface area contributed by atoms with Gasteiger partial charge in [0.2, 0.25) is 5.13 Å². The highest BCUT2D eigenvalue weighted by Gasteiger charge is 2.27. The van der Waals surface area contributed by atoms with Gasteiger partial charge in [0.15, 0.2) is 5.96 Å². The molecule has 0 amide bonds. The fraction of sp³-hybridized carbons (Fsp3) is 0.812. The van der Waals surface area contributed by atoms with E-state index in [0.29, 0.717) is 13.0 Å². The minimum Gasteiger partial charge on any atom is -0.372 e. The Bertz CT molecular complexity index is 593. The first-order valence-electron chi connectivity index (χ1n) is 9.18. The number of guanidine groups is 1. The molecule has 1 N–H and O–H groups in total. The number of rotatable bonds is 8. The molecule has 0 aromatic carbocycles. The van der Waals surface area contributed by atoms with Crippen molar-refractivity contribution in [3.63, 3.8) is 0 Å². The Kier molecular flexibility index (Phi) is 11.3. The number of aromatic nitrogens is 2. The van der Waals surface area contributed by atoms with Crippen LogP contribution in [-0.2, 0) is 11.2 Å². The Morgan fingerprint density at radius 1 is 1.25 bits per heavy atom. The first-order valence-corrected chi connectivity index (χ1v) is 9.95. The Morgan fingerprint density at radius 2 is 1.96 bits per heavy atom. The summed E-state index contributed by atoms with van der Waals surface area (Å²) in [5, 5.41) is 4.20. The normalized spacial score (nSPS) is 15.5. The molecule has 2 rings (SSSR count). The first kappa shape index (κ1) is 25.1. The third kappa shape index (κ3) is 8.64. The van der Waals surface area contributed by atoms with Crippen molar-refractivity contribution in [3.8, 4) is 0 Å².